The minimum atomic E-state index is 0.343. The zero-order valence-electron chi connectivity index (χ0n) is 9.12. The zero-order chi connectivity index (χ0) is 10.0. The standard InChI is InChI=1S/C12H19NO/c1-12(2)5-3-11(4-6-12)13-7-9-14-10-8-13/h3-5H,6-10H2,1-2H3. The van der Waals surface area contributed by atoms with Crippen LogP contribution in [0.25, 0.3) is 0 Å². The maximum Gasteiger partial charge on any atom is 0.0642 e. The lowest BCUT2D eigenvalue weighted by atomic mass is 9.85. The van der Waals surface area contributed by atoms with E-state index in [1.54, 1.807) is 0 Å². The third kappa shape index (κ3) is 2.18. The SMILES string of the molecule is CC1(C)C=CC(N2CCOCC2)=CC1. The van der Waals surface area contributed by atoms with Gasteiger partial charge in [-0.05, 0) is 17.9 Å². The van der Waals surface area contributed by atoms with Crippen molar-refractivity contribution in [2.24, 2.45) is 5.41 Å². The largest absolute Gasteiger partial charge is 0.378 e. The highest BCUT2D eigenvalue weighted by Gasteiger charge is 2.19. The van der Waals surface area contributed by atoms with Gasteiger partial charge in [0.15, 0.2) is 0 Å². The van der Waals surface area contributed by atoms with Crippen LogP contribution in [-0.4, -0.2) is 31.2 Å². The van der Waals surface area contributed by atoms with E-state index in [2.05, 4.69) is 37.0 Å². The molecule has 0 atom stereocenters. The van der Waals surface area contributed by atoms with Gasteiger partial charge in [0.05, 0.1) is 13.2 Å². The minimum Gasteiger partial charge on any atom is -0.378 e. The number of nitrogens with zero attached hydrogens (tertiary/aromatic N) is 1. The van der Waals surface area contributed by atoms with Crippen molar-refractivity contribution in [3.63, 3.8) is 0 Å². The molecular weight excluding hydrogens is 174 g/mol. The Morgan fingerprint density at radius 3 is 2.57 bits per heavy atom. The normalized spacial score (nSPS) is 26.1. The molecule has 0 bridgehead atoms. The van der Waals surface area contributed by atoms with Crippen LogP contribution in [0.5, 0.6) is 0 Å². The molecule has 0 saturated carbocycles. The van der Waals surface area contributed by atoms with Gasteiger partial charge in [-0.1, -0.05) is 26.0 Å². The fraction of sp³-hybridized carbons (Fsp3) is 0.667. The fourth-order valence-corrected chi connectivity index (χ4v) is 1.87. The lowest BCUT2D eigenvalue weighted by Gasteiger charge is -2.33. The van der Waals surface area contributed by atoms with E-state index in [0.29, 0.717) is 5.41 Å². The Hall–Kier alpha value is -0.760. The lowest BCUT2D eigenvalue weighted by molar-refractivity contribution is 0.0549. The van der Waals surface area contributed by atoms with Crippen molar-refractivity contribution in [3.05, 3.63) is 23.9 Å². The van der Waals surface area contributed by atoms with Gasteiger partial charge in [-0.25, -0.2) is 0 Å². The van der Waals surface area contributed by atoms with Crippen LogP contribution in [-0.2, 0) is 4.74 Å². The second kappa shape index (κ2) is 3.77. The average Bonchev–Trinajstić information content (AvgIpc) is 2.19. The number of rotatable bonds is 1. The van der Waals surface area contributed by atoms with Crippen LogP contribution in [0.4, 0.5) is 0 Å². The Balaban J connectivity index is 1.99. The van der Waals surface area contributed by atoms with Crippen LogP contribution >= 0.6 is 0 Å². The van der Waals surface area contributed by atoms with Crippen molar-refractivity contribution in [1.29, 1.82) is 0 Å². The number of ether oxygens (including phenoxy) is 1. The van der Waals surface area contributed by atoms with Gasteiger partial charge < -0.3 is 9.64 Å². The molecule has 0 amide bonds. The van der Waals surface area contributed by atoms with E-state index in [9.17, 15) is 0 Å². The van der Waals surface area contributed by atoms with Crippen LogP contribution in [0, 0.1) is 5.41 Å². The van der Waals surface area contributed by atoms with E-state index >= 15 is 0 Å². The van der Waals surface area contributed by atoms with Crippen molar-refractivity contribution in [2.45, 2.75) is 20.3 Å². The van der Waals surface area contributed by atoms with Gasteiger partial charge in [0.1, 0.15) is 0 Å². The highest BCUT2D eigenvalue weighted by Crippen LogP contribution is 2.29. The molecule has 0 radical (unpaired) electrons. The van der Waals surface area contributed by atoms with Crippen LogP contribution < -0.4 is 0 Å². The van der Waals surface area contributed by atoms with Crippen molar-refractivity contribution < 1.29 is 4.74 Å². The summed E-state index contributed by atoms with van der Waals surface area (Å²) in [6.07, 6.45) is 8.08. The maximum atomic E-state index is 5.34. The average molecular weight is 193 g/mol. The van der Waals surface area contributed by atoms with Gasteiger partial charge in [-0.2, -0.15) is 0 Å². The molecule has 78 valence electrons. The van der Waals surface area contributed by atoms with Gasteiger partial charge in [-0.3, -0.25) is 0 Å². The molecule has 1 fully saturated rings. The Morgan fingerprint density at radius 1 is 1.29 bits per heavy atom. The molecule has 2 rings (SSSR count). The zero-order valence-corrected chi connectivity index (χ0v) is 9.12. The third-order valence-electron chi connectivity index (χ3n) is 2.92. The molecule has 14 heavy (non-hydrogen) atoms. The van der Waals surface area contributed by atoms with E-state index in [-0.39, 0.29) is 0 Å². The van der Waals surface area contributed by atoms with Gasteiger partial charge in [0.25, 0.3) is 0 Å². The highest BCUT2D eigenvalue weighted by molar-refractivity contribution is 5.25. The molecule has 1 heterocycles. The van der Waals surface area contributed by atoms with Crippen LogP contribution in [0.3, 0.4) is 0 Å². The quantitative estimate of drug-likeness (QED) is 0.633. The molecule has 1 aliphatic carbocycles. The minimum absolute atomic E-state index is 0.343. The van der Waals surface area contributed by atoms with Crippen molar-refractivity contribution >= 4 is 0 Å². The molecule has 0 spiro atoms. The van der Waals surface area contributed by atoms with Crippen LogP contribution in [0.2, 0.25) is 0 Å². The third-order valence-corrected chi connectivity index (χ3v) is 2.92. The first-order valence-corrected chi connectivity index (χ1v) is 5.39. The summed E-state index contributed by atoms with van der Waals surface area (Å²) < 4.78 is 5.34. The molecule has 0 unspecified atom stereocenters. The summed E-state index contributed by atoms with van der Waals surface area (Å²) in [7, 11) is 0. The first kappa shape index (κ1) is 9.78. The van der Waals surface area contributed by atoms with E-state index < -0.39 is 0 Å². The van der Waals surface area contributed by atoms with E-state index in [0.717, 1.165) is 32.7 Å². The van der Waals surface area contributed by atoms with Crippen LogP contribution in [0.15, 0.2) is 23.9 Å². The van der Waals surface area contributed by atoms with E-state index in [1.165, 1.54) is 5.70 Å². The Kier molecular flexibility index (Phi) is 2.64. The topological polar surface area (TPSA) is 12.5 Å². The molecule has 2 heteroatoms. The molecule has 2 nitrogen and oxygen atoms in total. The summed E-state index contributed by atoms with van der Waals surface area (Å²) in [4.78, 5) is 2.41. The maximum absolute atomic E-state index is 5.34. The number of hydrogen-bond acceptors (Lipinski definition) is 2. The summed E-state index contributed by atoms with van der Waals surface area (Å²) in [6, 6.07) is 0. The summed E-state index contributed by atoms with van der Waals surface area (Å²) in [5, 5.41) is 0. The second-order valence-corrected chi connectivity index (χ2v) is 4.75. The van der Waals surface area contributed by atoms with Gasteiger partial charge >= 0.3 is 0 Å². The van der Waals surface area contributed by atoms with Crippen molar-refractivity contribution in [3.8, 4) is 0 Å². The van der Waals surface area contributed by atoms with Crippen molar-refractivity contribution in [2.75, 3.05) is 26.3 Å². The highest BCUT2D eigenvalue weighted by atomic mass is 16.5. The molecule has 1 aliphatic heterocycles. The summed E-state index contributed by atoms with van der Waals surface area (Å²) >= 11 is 0. The predicted octanol–water partition coefficient (Wildman–Crippen LogP) is 2.19. The van der Waals surface area contributed by atoms with Gasteiger partial charge in [0, 0.05) is 18.8 Å². The lowest BCUT2D eigenvalue weighted by Crippen LogP contribution is -2.35. The number of morpholine rings is 1. The molecule has 0 aromatic rings. The molecule has 2 aliphatic rings. The first-order chi connectivity index (χ1) is 6.67. The Labute approximate surface area is 86.2 Å². The predicted molar refractivity (Wildman–Crippen MR) is 58.0 cm³/mol. The Bertz CT molecular complexity index is 259. The van der Waals surface area contributed by atoms with E-state index in [1.807, 2.05) is 0 Å². The van der Waals surface area contributed by atoms with Gasteiger partial charge in [0.2, 0.25) is 0 Å². The number of hydrogen-bond donors (Lipinski definition) is 0. The smallest absolute Gasteiger partial charge is 0.0642 e. The fourth-order valence-electron chi connectivity index (χ4n) is 1.87. The summed E-state index contributed by atoms with van der Waals surface area (Å²) in [6.45, 7) is 8.36. The molecular formula is C12H19NO. The van der Waals surface area contributed by atoms with Gasteiger partial charge in [-0.15, -0.1) is 0 Å². The monoisotopic (exact) mass is 193 g/mol. The number of allylic oxidation sites excluding steroid dienone is 3. The molecule has 0 aromatic carbocycles. The Morgan fingerprint density at radius 2 is 2.00 bits per heavy atom. The second-order valence-electron chi connectivity index (χ2n) is 4.75. The van der Waals surface area contributed by atoms with E-state index in [4.69, 9.17) is 4.74 Å². The molecule has 0 N–H and O–H groups in total. The summed E-state index contributed by atoms with van der Waals surface area (Å²) in [5.41, 5.74) is 1.73. The first-order valence-electron chi connectivity index (χ1n) is 5.39. The molecule has 1 saturated heterocycles. The van der Waals surface area contributed by atoms with Crippen molar-refractivity contribution in [1.82, 2.24) is 4.90 Å². The van der Waals surface area contributed by atoms with Crippen LogP contribution in [0.1, 0.15) is 20.3 Å². The summed E-state index contributed by atoms with van der Waals surface area (Å²) in [5.74, 6) is 0. The molecule has 0 aromatic heterocycles.